The van der Waals surface area contributed by atoms with Gasteiger partial charge in [-0.05, 0) is 100 Å². The Kier molecular flexibility index (Phi) is 5.36. The standard InChI is InChI=1S/C38H21F5/c39-37(40,38(41,42)43)28-20-25-16-14-23-18-27(19-24-15-17-26(21-28)34(25)33(23)24)36-31-12-6-4-10-29(31)35(22-8-2-1-3-9-22)30-11-5-7-13-32(30)36/h1-21H. The molecule has 0 saturated carbocycles. The molecule has 0 amide bonds. The molecular formula is C38H21F5. The normalized spacial score (nSPS) is 12.8. The van der Waals surface area contributed by atoms with E-state index >= 15 is 0 Å². The molecule has 0 radical (unpaired) electrons. The zero-order chi connectivity index (χ0) is 29.5. The Hall–Kier alpha value is -5.03. The average molecular weight is 573 g/mol. The van der Waals surface area contributed by atoms with Crippen LogP contribution in [0.25, 0.3) is 76.1 Å². The molecule has 0 unspecified atom stereocenters. The fourth-order valence-electron chi connectivity index (χ4n) is 6.68. The Morgan fingerprint density at radius 2 is 0.744 bits per heavy atom. The molecule has 0 bridgehead atoms. The van der Waals surface area contributed by atoms with Gasteiger partial charge in [0.15, 0.2) is 0 Å². The zero-order valence-corrected chi connectivity index (χ0v) is 22.5. The average Bonchev–Trinajstić information content (AvgIpc) is 3.01. The van der Waals surface area contributed by atoms with E-state index in [1.54, 1.807) is 12.1 Å². The van der Waals surface area contributed by atoms with E-state index in [0.29, 0.717) is 16.2 Å². The second-order valence-electron chi connectivity index (χ2n) is 11.0. The monoisotopic (exact) mass is 572 g/mol. The minimum atomic E-state index is -5.68. The molecule has 5 heteroatoms. The van der Waals surface area contributed by atoms with Gasteiger partial charge in [0.2, 0.25) is 0 Å². The van der Waals surface area contributed by atoms with Crippen LogP contribution in [0.3, 0.4) is 0 Å². The lowest BCUT2D eigenvalue weighted by Crippen LogP contribution is -2.33. The molecule has 8 aromatic rings. The van der Waals surface area contributed by atoms with Crippen molar-refractivity contribution in [3.05, 3.63) is 133 Å². The highest BCUT2D eigenvalue weighted by Crippen LogP contribution is 2.48. The Labute approximate surface area is 242 Å². The minimum absolute atomic E-state index is 0.352. The lowest BCUT2D eigenvalue weighted by atomic mass is 9.84. The molecule has 0 spiro atoms. The molecule has 8 rings (SSSR count). The summed E-state index contributed by atoms with van der Waals surface area (Å²) in [5.74, 6) is -4.95. The Morgan fingerprint density at radius 1 is 0.372 bits per heavy atom. The van der Waals surface area contributed by atoms with E-state index < -0.39 is 17.7 Å². The summed E-state index contributed by atoms with van der Waals surface area (Å²) >= 11 is 0. The maximum atomic E-state index is 14.3. The highest BCUT2D eigenvalue weighted by molar-refractivity contribution is 6.26. The fraction of sp³-hybridized carbons (Fsp3) is 0.0526. The highest BCUT2D eigenvalue weighted by atomic mass is 19.4. The number of rotatable bonds is 3. The number of fused-ring (bicyclic) bond motifs is 2. The Morgan fingerprint density at radius 3 is 1.16 bits per heavy atom. The number of hydrogen-bond acceptors (Lipinski definition) is 0. The molecule has 0 N–H and O–H groups in total. The van der Waals surface area contributed by atoms with Crippen LogP contribution in [0, 0.1) is 0 Å². The van der Waals surface area contributed by atoms with Crippen molar-refractivity contribution in [2.75, 3.05) is 0 Å². The van der Waals surface area contributed by atoms with Gasteiger partial charge in [-0.3, -0.25) is 0 Å². The third-order valence-electron chi connectivity index (χ3n) is 8.53. The third-order valence-corrected chi connectivity index (χ3v) is 8.53. The second kappa shape index (κ2) is 8.98. The molecule has 208 valence electrons. The van der Waals surface area contributed by atoms with Crippen molar-refractivity contribution in [2.45, 2.75) is 12.1 Å². The predicted octanol–water partition coefficient (Wildman–Crippen LogP) is 11.9. The summed E-state index contributed by atoms with van der Waals surface area (Å²) in [7, 11) is 0. The van der Waals surface area contributed by atoms with Gasteiger partial charge in [0, 0.05) is 5.56 Å². The second-order valence-corrected chi connectivity index (χ2v) is 11.0. The van der Waals surface area contributed by atoms with Gasteiger partial charge in [-0.1, -0.05) is 103 Å². The quantitative estimate of drug-likeness (QED) is 0.112. The van der Waals surface area contributed by atoms with Gasteiger partial charge in [-0.15, -0.1) is 0 Å². The van der Waals surface area contributed by atoms with Crippen LogP contribution >= 0.6 is 0 Å². The third kappa shape index (κ3) is 3.74. The predicted molar refractivity (Wildman–Crippen MR) is 166 cm³/mol. The van der Waals surface area contributed by atoms with Crippen molar-refractivity contribution in [1.82, 2.24) is 0 Å². The van der Waals surface area contributed by atoms with E-state index in [-0.39, 0.29) is 0 Å². The van der Waals surface area contributed by atoms with Gasteiger partial charge < -0.3 is 0 Å². The molecule has 0 aliphatic rings. The molecule has 0 saturated heterocycles. The fourth-order valence-corrected chi connectivity index (χ4v) is 6.68. The van der Waals surface area contributed by atoms with Gasteiger partial charge in [-0.25, -0.2) is 0 Å². The highest BCUT2D eigenvalue weighted by Gasteiger charge is 2.58. The summed E-state index contributed by atoms with van der Waals surface area (Å²) in [6.07, 6.45) is -5.68. The minimum Gasteiger partial charge on any atom is -0.191 e. The molecular weight excluding hydrogens is 551 g/mol. The molecule has 0 aliphatic carbocycles. The first kappa shape index (κ1) is 25.7. The molecule has 0 nitrogen and oxygen atoms in total. The van der Waals surface area contributed by atoms with Crippen LogP contribution in [0.4, 0.5) is 22.0 Å². The van der Waals surface area contributed by atoms with Gasteiger partial charge in [-0.2, -0.15) is 22.0 Å². The van der Waals surface area contributed by atoms with Crippen LogP contribution < -0.4 is 0 Å². The molecule has 0 aromatic heterocycles. The van der Waals surface area contributed by atoms with E-state index in [1.807, 2.05) is 54.6 Å². The first-order valence-electron chi connectivity index (χ1n) is 13.9. The van der Waals surface area contributed by atoms with Crippen LogP contribution in [0.2, 0.25) is 0 Å². The molecule has 0 atom stereocenters. The molecule has 8 aromatic carbocycles. The Bertz CT molecular complexity index is 2230. The molecule has 0 aliphatic heterocycles. The van der Waals surface area contributed by atoms with E-state index in [9.17, 15) is 22.0 Å². The first-order chi connectivity index (χ1) is 20.7. The van der Waals surface area contributed by atoms with Crippen molar-refractivity contribution in [2.24, 2.45) is 0 Å². The van der Waals surface area contributed by atoms with Crippen LogP contribution in [0.15, 0.2) is 127 Å². The lowest BCUT2D eigenvalue weighted by Gasteiger charge is -2.22. The smallest absolute Gasteiger partial charge is 0.191 e. The molecule has 0 heterocycles. The van der Waals surface area contributed by atoms with Crippen LogP contribution in [0.1, 0.15) is 5.56 Å². The van der Waals surface area contributed by atoms with Gasteiger partial charge in [0.1, 0.15) is 0 Å². The van der Waals surface area contributed by atoms with E-state index in [4.69, 9.17) is 0 Å². The largest absolute Gasteiger partial charge is 0.458 e. The number of halogens is 5. The van der Waals surface area contributed by atoms with Crippen LogP contribution in [-0.2, 0) is 5.92 Å². The van der Waals surface area contributed by atoms with Crippen molar-refractivity contribution < 1.29 is 22.0 Å². The van der Waals surface area contributed by atoms with Crippen molar-refractivity contribution in [3.63, 3.8) is 0 Å². The summed E-state index contributed by atoms with van der Waals surface area (Å²) in [5.41, 5.74) is 3.33. The van der Waals surface area contributed by atoms with Gasteiger partial charge >= 0.3 is 12.1 Å². The first-order valence-corrected chi connectivity index (χ1v) is 13.9. The van der Waals surface area contributed by atoms with E-state index in [0.717, 1.165) is 66.5 Å². The lowest BCUT2D eigenvalue weighted by molar-refractivity contribution is -0.289. The number of alkyl halides is 5. The van der Waals surface area contributed by atoms with Crippen molar-refractivity contribution in [1.29, 1.82) is 0 Å². The SMILES string of the molecule is FC(F)(F)C(F)(F)c1cc2ccc3cc(-c4c5ccccc5c(-c5ccccc5)c5ccccc45)cc4ccc(c1)c2c34. The summed E-state index contributed by atoms with van der Waals surface area (Å²) in [5, 5.41) is 8.47. The number of hydrogen-bond donors (Lipinski definition) is 0. The summed E-state index contributed by atoms with van der Waals surface area (Å²) < 4.78 is 68.2. The molecule has 43 heavy (non-hydrogen) atoms. The van der Waals surface area contributed by atoms with Crippen LogP contribution in [0.5, 0.6) is 0 Å². The van der Waals surface area contributed by atoms with Gasteiger partial charge in [0.05, 0.1) is 0 Å². The van der Waals surface area contributed by atoms with Crippen LogP contribution in [-0.4, -0.2) is 6.18 Å². The summed E-state index contributed by atoms with van der Waals surface area (Å²) in [4.78, 5) is 0. The Balaban J connectivity index is 1.42. The van der Waals surface area contributed by atoms with Crippen molar-refractivity contribution in [3.8, 4) is 22.3 Å². The summed E-state index contributed by atoms with van der Waals surface area (Å²) in [6.45, 7) is 0. The van der Waals surface area contributed by atoms with E-state index in [1.165, 1.54) is 5.56 Å². The zero-order valence-electron chi connectivity index (χ0n) is 22.5. The van der Waals surface area contributed by atoms with Gasteiger partial charge in [0.25, 0.3) is 0 Å². The van der Waals surface area contributed by atoms with Crippen molar-refractivity contribution >= 4 is 53.9 Å². The number of benzene rings is 8. The maximum Gasteiger partial charge on any atom is 0.458 e. The van der Waals surface area contributed by atoms with E-state index in [2.05, 4.69) is 48.5 Å². The topological polar surface area (TPSA) is 0 Å². The summed E-state index contributed by atoms with van der Waals surface area (Å²) in [6, 6.07) is 40.1. The molecule has 0 fully saturated rings. The maximum absolute atomic E-state index is 14.3.